The van der Waals surface area contributed by atoms with E-state index in [0.29, 0.717) is 6.61 Å². The molecule has 1 atom stereocenters. The molecule has 0 radical (unpaired) electrons. The maximum absolute atomic E-state index is 13.3. The van der Waals surface area contributed by atoms with Crippen LogP contribution in [0.5, 0.6) is 0 Å². The van der Waals surface area contributed by atoms with Gasteiger partial charge >= 0.3 is 0 Å². The Morgan fingerprint density at radius 2 is 1.71 bits per heavy atom. The summed E-state index contributed by atoms with van der Waals surface area (Å²) in [6, 6.07) is 15.1. The standard InChI is InChI=1S/C19H22FNO.C2H6/c1-21(2)13-5-12-19(16-8-10-17(20)11-9-16)18-7-4-3-6-15(18)14-22-19;1-2/h3-4,6-11H,5,12-14H2,1-2H3;1-2H3. The lowest BCUT2D eigenvalue weighted by Gasteiger charge is -2.31. The molecule has 1 heterocycles. The van der Waals surface area contributed by atoms with E-state index in [1.165, 1.54) is 23.3 Å². The lowest BCUT2D eigenvalue weighted by molar-refractivity contribution is -0.0140. The SMILES string of the molecule is CC.CN(C)CCCC1(c2ccc(F)cc2)OCc2ccccc21. The van der Waals surface area contributed by atoms with Gasteiger partial charge in [-0.25, -0.2) is 4.39 Å². The first-order valence-electron chi connectivity index (χ1n) is 8.75. The second kappa shape index (κ2) is 8.41. The monoisotopic (exact) mass is 329 g/mol. The highest BCUT2D eigenvalue weighted by Gasteiger charge is 2.41. The van der Waals surface area contributed by atoms with Gasteiger partial charge in [-0.15, -0.1) is 0 Å². The Kier molecular flexibility index (Phi) is 6.52. The Balaban J connectivity index is 0.00000100. The number of fused-ring (bicyclic) bond motifs is 1. The molecule has 0 saturated carbocycles. The van der Waals surface area contributed by atoms with Gasteiger partial charge < -0.3 is 9.64 Å². The third-order valence-electron chi connectivity index (χ3n) is 4.37. The third-order valence-corrected chi connectivity index (χ3v) is 4.37. The van der Waals surface area contributed by atoms with Gasteiger partial charge in [0.25, 0.3) is 0 Å². The minimum Gasteiger partial charge on any atom is -0.361 e. The van der Waals surface area contributed by atoms with Gasteiger partial charge in [0, 0.05) is 0 Å². The van der Waals surface area contributed by atoms with Gasteiger partial charge in [-0.05, 0) is 62.3 Å². The first-order chi connectivity index (χ1) is 11.6. The first kappa shape index (κ1) is 18.6. The molecule has 0 aromatic heterocycles. The minimum atomic E-state index is -0.444. The normalized spacial score (nSPS) is 18.9. The molecule has 1 aliphatic rings. The van der Waals surface area contributed by atoms with Gasteiger partial charge in [0.15, 0.2) is 0 Å². The molecule has 2 nitrogen and oxygen atoms in total. The lowest BCUT2D eigenvalue weighted by Crippen LogP contribution is -2.28. The number of hydrogen-bond acceptors (Lipinski definition) is 2. The topological polar surface area (TPSA) is 12.5 Å². The summed E-state index contributed by atoms with van der Waals surface area (Å²) in [5, 5.41) is 0. The fourth-order valence-corrected chi connectivity index (χ4v) is 3.27. The van der Waals surface area contributed by atoms with Crippen LogP contribution < -0.4 is 0 Å². The Bertz CT molecular complexity index is 639. The van der Waals surface area contributed by atoms with Crippen molar-refractivity contribution in [1.29, 1.82) is 0 Å². The van der Waals surface area contributed by atoms with Crippen LogP contribution in [0.2, 0.25) is 0 Å². The van der Waals surface area contributed by atoms with Crippen LogP contribution in [0.3, 0.4) is 0 Å². The van der Waals surface area contributed by atoms with Crippen LogP contribution in [-0.4, -0.2) is 25.5 Å². The van der Waals surface area contributed by atoms with Crippen molar-refractivity contribution < 1.29 is 9.13 Å². The molecule has 3 heteroatoms. The third kappa shape index (κ3) is 3.85. The van der Waals surface area contributed by atoms with Crippen molar-refractivity contribution in [1.82, 2.24) is 4.90 Å². The Morgan fingerprint density at radius 1 is 1.04 bits per heavy atom. The summed E-state index contributed by atoms with van der Waals surface area (Å²) in [7, 11) is 4.15. The Labute approximate surface area is 145 Å². The van der Waals surface area contributed by atoms with E-state index < -0.39 is 5.60 Å². The highest BCUT2D eigenvalue weighted by Crippen LogP contribution is 2.45. The summed E-state index contributed by atoms with van der Waals surface area (Å²) >= 11 is 0. The van der Waals surface area contributed by atoms with Crippen molar-refractivity contribution in [3.63, 3.8) is 0 Å². The van der Waals surface area contributed by atoms with E-state index in [0.717, 1.165) is 24.9 Å². The second-order valence-corrected chi connectivity index (χ2v) is 6.19. The molecule has 3 rings (SSSR count). The molecule has 0 fully saturated rings. The van der Waals surface area contributed by atoms with Crippen LogP contribution in [0, 0.1) is 5.82 Å². The zero-order chi connectivity index (χ0) is 17.6. The number of rotatable bonds is 5. The predicted molar refractivity (Wildman–Crippen MR) is 97.5 cm³/mol. The molecule has 0 aliphatic carbocycles. The molecule has 2 aromatic carbocycles. The predicted octanol–water partition coefficient (Wildman–Crippen LogP) is 4.97. The molecule has 24 heavy (non-hydrogen) atoms. The maximum atomic E-state index is 13.3. The number of nitrogens with zero attached hydrogens (tertiary/aromatic N) is 1. The zero-order valence-corrected chi connectivity index (χ0v) is 15.2. The number of hydrogen-bond donors (Lipinski definition) is 0. The van der Waals surface area contributed by atoms with Crippen molar-refractivity contribution in [2.45, 2.75) is 38.9 Å². The Hall–Kier alpha value is -1.71. The summed E-state index contributed by atoms with van der Waals surface area (Å²) in [6.07, 6.45) is 1.92. The summed E-state index contributed by atoms with van der Waals surface area (Å²) in [4.78, 5) is 2.18. The number of ether oxygens (including phenoxy) is 1. The van der Waals surface area contributed by atoms with E-state index in [4.69, 9.17) is 4.74 Å². The summed E-state index contributed by atoms with van der Waals surface area (Å²) in [5.74, 6) is -0.210. The summed E-state index contributed by atoms with van der Waals surface area (Å²) < 4.78 is 19.6. The van der Waals surface area contributed by atoms with Crippen LogP contribution in [0.4, 0.5) is 4.39 Å². The van der Waals surface area contributed by atoms with Crippen molar-refractivity contribution in [2.24, 2.45) is 0 Å². The van der Waals surface area contributed by atoms with Crippen LogP contribution in [0.15, 0.2) is 48.5 Å². The highest BCUT2D eigenvalue weighted by molar-refractivity contribution is 5.44. The van der Waals surface area contributed by atoms with Gasteiger partial charge in [0.1, 0.15) is 11.4 Å². The van der Waals surface area contributed by atoms with Gasteiger partial charge in [0.2, 0.25) is 0 Å². The maximum Gasteiger partial charge on any atom is 0.123 e. The first-order valence-corrected chi connectivity index (χ1v) is 8.75. The van der Waals surface area contributed by atoms with E-state index in [9.17, 15) is 4.39 Å². The van der Waals surface area contributed by atoms with Gasteiger partial charge in [-0.1, -0.05) is 50.2 Å². The molecule has 0 N–H and O–H groups in total. The fraction of sp³-hybridized carbons (Fsp3) is 0.429. The van der Waals surface area contributed by atoms with Crippen molar-refractivity contribution >= 4 is 0 Å². The molecule has 1 unspecified atom stereocenters. The van der Waals surface area contributed by atoms with E-state index in [1.807, 2.05) is 32.0 Å². The lowest BCUT2D eigenvalue weighted by atomic mass is 9.82. The molecule has 0 spiro atoms. The van der Waals surface area contributed by atoms with E-state index in [2.05, 4.69) is 37.2 Å². The molecule has 0 bridgehead atoms. The quantitative estimate of drug-likeness (QED) is 0.768. The highest BCUT2D eigenvalue weighted by atomic mass is 19.1. The largest absolute Gasteiger partial charge is 0.361 e. The number of benzene rings is 2. The summed E-state index contributed by atoms with van der Waals surface area (Å²) in [5.41, 5.74) is 3.05. The van der Waals surface area contributed by atoms with E-state index in [1.54, 1.807) is 0 Å². The molecular weight excluding hydrogens is 301 g/mol. The molecular formula is C21H28FNO. The second-order valence-electron chi connectivity index (χ2n) is 6.19. The van der Waals surface area contributed by atoms with Crippen LogP contribution >= 0.6 is 0 Å². The van der Waals surface area contributed by atoms with Crippen molar-refractivity contribution in [3.8, 4) is 0 Å². The van der Waals surface area contributed by atoms with Gasteiger partial charge in [-0.3, -0.25) is 0 Å². The molecule has 1 aliphatic heterocycles. The smallest absolute Gasteiger partial charge is 0.123 e. The van der Waals surface area contributed by atoms with Gasteiger partial charge in [0.05, 0.1) is 6.61 Å². The summed E-state index contributed by atoms with van der Waals surface area (Å²) in [6.45, 7) is 5.63. The molecule has 0 amide bonds. The fourth-order valence-electron chi connectivity index (χ4n) is 3.27. The molecule has 0 saturated heterocycles. The molecule has 2 aromatic rings. The van der Waals surface area contributed by atoms with Crippen molar-refractivity contribution in [3.05, 3.63) is 71.0 Å². The van der Waals surface area contributed by atoms with E-state index >= 15 is 0 Å². The average Bonchev–Trinajstić information content (AvgIpc) is 2.97. The Morgan fingerprint density at radius 3 is 2.38 bits per heavy atom. The van der Waals surface area contributed by atoms with Gasteiger partial charge in [-0.2, -0.15) is 0 Å². The minimum absolute atomic E-state index is 0.210. The van der Waals surface area contributed by atoms with E-state index in [-0.39, 0.29) is 5.82 Å². The van der Waals surface area contributed by atoms with Crippen LogP contribution in [0.25, 0.3) is 0 Å². The average molecular weight is 329 g/mol. The van der Waals surface area contributed by atoms with Crippen molar-refractivity contribution in [2.75, 3.05) is 20.6 Å². The van der Waals surface area contributed by atoms with Crippen LogP contribution in [0.1, 0.15) is 43.4 Å². The number of halogens is 1. The van der Waals surface area contributed by atoms with Crippen LogP contribution in [-0.2, 0) is 16.9 Å². The molecule has 130 valence electrons. The zero-order valence-electron chi connectivity index (χ0n) is 15.2.